The van der Waals surface area contributed by atoms with Crippen LogP contribution in [0, 0.1) is 11.6 Å². The maximum Gasteiger partial charge on any atom is 0.320 e. The molecule has 1 unspecified atom stereocenters. The number of aliphatic hydroxyl groups is 1. The average molecular weight is 368 g/mol. The Morgan fingerprint density at radius 2 is 2.12 bits per heavy atom. The number of aryl methyl sites for hydroxylation is 1. The molecule has 2 amide bonds. The fourth-order valence-electron chi connectivity index (χ4n) is 2.41. The smallest absolute Gasteiger partial charge is 0.320 e. The van der Waals surface area contributed by atoms with Gasteiger partial charge in [-0.15, -0.1) is 0 Å². The second-order valence-corrected chi connectivity index (χ2v) is 6.09. The van der Waals surface area contributed by atoms with Crippen molar-refractivity contribution in [2.24, 2.45) is 7.05 Å². The summed E-state index contributed by atoms with van der Waals surface area (Å²) in [5.41, 5.74) is -1.06. The van der Waals surface area contributed by atoms with E-state index in [0.29, 0.717) is 24.9 Å². The Morgan fingerprint density at radius 1 is 1.38 bits per heavy atom. The second-order valence-electron chi connectivity index (χ2n) is 6.09. The van der Waals surface area contributed by atoms with Crippen molar-refractivity contribution in [1.29, 1.82) is 0 Å². The number of ether oxygens (including phenoxy) is 1. The Morgan fingerprint density at radius 3 is 2.77 bits per heavy atom. The van der Waals surface area contributed by atoms with E-state index in [0.717, 1.165) is 17.8 Å². The lowest BCUT2D eigenvalue weighted by atomic mass is 9.95. The first-order valence-corrected chi connectivity index (χ1v) is 7.97. The summed E-state index contributed by atoms with van der Waals surface area (Å²) in [7, 11) is 3.27. The molecule has 1 aromatic heterocycles. The molecule has 2 rings (SSSR count). The summed E-state index contributed by atoms with van der Waals surface area (Å²) in [6.45, 7) is 1.57. The van der Waals surface area contributed by atoms with Crippen LogP contribution in [0.2, 0.25) is 0 Å². The number of nitrogens with one attached hydrogen (secondary N) is 2. The Bertz CT molecular complexity index is 777. The van der Waals surface area contributed by atoms with Gasteiger partial charge in [-0.2, -0.15) is 5.10 Å². The summed E-state index contributed by atoms with van der Waals surface area (Å²) in [6.07, 6.45) is 0.603. The lowest BCUT2D eigenvalue weighted by molar-refractivity contribution is 0.0561. The maximum absolute atomic E-state index is 13.8. The standard InChI is InChI=1S/C17H22F2N4O3/c1-17(25,13-5-4-11(18)8-14(13)19)10-20-16(24)21-15-9-12(6-7-26-3)22-23(15)2/h4-5,8-9,25H,6-7,10H2,1-3H3,(H2,20,21,24). The normalized spacial score (nSPS) is 13.3. The molecule has 9 heteroatoms. The van der Waals surface area contributed by atoms with Gasteiger partial charge in [-0.1, -0.05) is 6.07 Å². The van der Waals surface area contributed by atoms with E-state index in [9.17, 15) is 18.7 Å². The number of methoxy groups -OCH3 is 1. The quantitative estimate of drug-likeness (QED) is 0.697. The van der Waals surface area contributed by atoms with Crippen molar-refractivity contribution in [3.05, 3.63) is 47.2 Å². The largest absolute Gasteiger partial charge is 0.384 e. The highest BCUT2D eigenvalue weighted by Gasteiger charge is 2.27. The van der Waals surface area contributed by atoms with Crippen LogP contribution < -0.4 is 10.6 Å². The molecule has 0 spiro atoms. The molecule has 0 saturated heterocycles. The molecule has 0 saturated carbocycles. The molecule has 0 aliphatic rings. The number of aromatic nitrogens is 2. The monoisotopic (exact) mass is 368 g/mol. The Labute approximate surface area is 150 Å². The predicted octanol–water partition coefficient (Wildman–Crippen LogP) is 1.92. The van der Waals surface area contributed by atoms with Crippen LogP contribution in [-0.2, 0) is 23.8 Å². The third kappa shape index (κ3) is 4.99. The number of benzene rings is 1. The van der Waals surface area contributed by atoms with Crippen LogP contribution in [0.5, 0.6) is 0 Å². The summed E-state index contributed by atoms with van der Waals surface area (Å²) in [4.78, 5) is 12.1. The fraction of sp³-hybridized carbons (Fsp3) is 0.412. The second kappa shape index (κ2) is 8.24. The van der Waals surface area contributed by atoms with Crippen LogP contribution in [0.1, 0.15) is 18.2 Å². The minimum Gasteiger partial charge on any atom is -0.384 e. The minimum absolute atomic E-state index is 0.110. The van der Waals surface area contributed by atoms with Crippen molar-refractivity contribution in [2.45, 2.75) is 18.9 Å². The van der Waals surface area contributed by atoms with Gasteiger partial charge in [0.15, 0.2) is 0 Å². The van der Waals surface area contributed by atoms with Crippen LogP contribution in [-0.4, -0.2) is 41.2 Å². The minimum atomic E-state index is -1.70. The van der Waals surface area contributed by atoms with Crippen LogP contribution in [0.3, 0.4) is 0 Å². The van der Waals surface area contributed by atoms with Crippen molar-refractivity contribution in [2.75, 3.05) is 25.6 Å². The topological polar surface area (TPSA) is 88.4 Å². The van der Waals surface area contributed by atoms with Crippen molar-refractivity contribution in [3.8, 4) is 0 Å². The zero-order valence-corrected chi connectivity index (χ0v) is 14.8. The van der Waals surface area contributed by atoms with Crippen molar-refractivity contribution in [1.82, 2.24) is 15.1 Å². The van der Waals surface area contributed by atoms with Crippen LogP contribution >= 0.6 is 0 Å². The van der Waals surface area contributed by atoms with E-state index >= 15 is 0 Å². The summed E-state index contributed by atoms with van der Waals surface area (Å²) >= 11 is 0. The molecule has 3 N–H and O–H groups in total. The first-order valence-electron chi connectivity index (χ1n) is 7.97. The number of amides is 2. The third-order valence-electron chi connectivity index (χ3n) is 3.84. The van der Waals surface area contributed by atoms with E-state index in [1.165, 1.54) is 11.6 Å². The molecule has 0 aliphatic heterocycles. The number of hydrogen-bond donors (Lipinski definition) is 3. The van der Waals surface area contributed by atoms with Gasteiger partial charge >= 0.3 is 6.03 Å². The zero-order chi connectivity index (χ0) is 19.3. The summed E-state index contributed by atoms with van der Waals surface area (Å²) in [6, 6.07) is 3.99. The summed E-state index contributed by atoms with van der Waals surface area (Å²) in [5.74, 6) is -1.17. The molecular weight excluding hydrogens is 346 g/mol. The van der Waals surface area contributed by atoms with Gasteiger partial charge in [-0.25, -0.2) is 13.6 Å². The molecule has 7 nitrogen and oxygen atoms in total. The molecule has 0 radical (unpaired) electrons. The van der Waals surface area contributed by atoms with Gasteiger partial charge < -0.3 is 15.2 Å². The molecule has 0 bridgehead atoms. The number of nitrogens with zero attached hydrogens (tertiary/aromatic N) is 2. The number of carbonyl (C=O) groups is 1. The van der Waals surface area contributed by atoms with E-state index in [2.05, 4.69) is 15.7 Å². The molecule has 0 fully saturated rings. The number of rotatable bonds is 7. The number of anilines is 1. The number of halogens is 2. The molecular formula is C17H22F2N4O3. The first kappa shape index (κ1) is 19.8. The lowest BCUT2D eigenvalue weighted by Crippen LogP contribution is -2.41. The average Bonchev–Trinajstić information content (AvgIpc) is 2.90. The predicted molar refractivity (Wildman–Crippen MR) is 91.7 cm³/mol. The van der Waals surface area contributed by atoms with E-state index in [4.69, 9.17) is 4.74 Å². The van der Waals surface area contributed by atoms with Gasteiger partial charge in [0.25, 0.3) is 0 Å². The highest BCUT2D eigenvalue weighted by molar-refractivity contribution is 5.88. The summed E-state index contributed by atoms with van der Waals surface area (Å²) in [5, 5.41) is 19.7. The molecule has 2 aromatic rings. The zero-order valence-electron chi connectivity index (χ0n) is 14.8. The van der Waals surface area contributed by atoms with Crippen LogP contribution in [0.4, 0.5) is 19.4 Å². The molecule has 1 aromatic carbocycles. The van der Waals surface area contributed by atoms with Crippen LogP contribution in [0.25, 0.3) is 0 Å². The molecule has 26 heavy (non-hydrogen) atoms. The van der Waals surface area contributed by atoms with Crippen molar-refractivity contribution < 1.29 is 23.4 Å². The van der Waals surface area contributed by atoms with Crippen molar-refractivity contribution >= 4 is 11.8 Å². The third-order valence-corrected chi connectivity index (χ3v) is 3.84. The van der Waals surface area contributed by atoms with E-state index < -0.39 is 23.3 Å². The van der Waals surface area contributed by atoms with E-state index in [-0.39, 0.29) is 12.1 Å². The molecule has 1 heterocycles. The first-order chi connectivity index (χ1) is 12.2. The highest BCUT2D eigenvalue weighted by atomic mass is 19.1. The number of urea groups is 1. The van der Waals surface area contributed by atoms with E-state index in [1.807, 2.05) is 0 Å². The number of carbonyl (C=O) groups excluding carboxylic acids is 1. The van der Waals surface area contributed by atoms with Gasteiger partial charge in [0.1, 0.15) is 23.1 Å². The van der Waals surface area contributed by atoms with Gasteiger partial charge in [0, 0.05) is 38.3 Å². The van der Waals surface area contributed by atoms with Gasteiger partial charge in [-0.05, 0) is 13.0 Å². The summed E-state index contributed by atoms with van der Waals surface area (Å²) < 4.78 is 33.3. The molecule has 142 valence electrons. The van der Waals surface area contributed by atoms with Crippen molar-refractivity contribution in [3.63, 3.8) is 0 Å². The molecule has 1 atom stereocenters. The Balaban J connectivity index is 1.96. The SMILES string of the molecule is COCCc1cc(NC(=O)NCC(C)(O)c2ccc(F)cc2F)n(C)n1. The Hall–Kier alpha value is -2.52. The van der Waals surface area contributed by atoms with E-state index in [1.54, 1.807) is 20.2 Å². The number of hydrogen-bond acceptors (Lipinski definition) is 4. The maximum atomic E-state index is 13.8. The Kier molecular flexibility index (Phi) is 6.27. The van der Waals surface area contributed by atoms with Crippen LogP contribution in [0.15, 0.2) is 24.3 Å². The van der Waals surface area contributed by atoms with Gasteiger partial charge in [0.2, 0.25) is 0 Å². The van der Waals surface area contributed by atoms with Gasteiger partial charge in [-0.3, -0.25) is 10.00 Å². The highest BCUT2D eigenvalue weighted by Crippen LogP contribution is 2.23. The van der Waals surface area contributed by atoms with Gasteiger partial charge in [0.05, 0.1) is 18.8 Å². The fourth-order valence-corrected chi connectivity index (χ4v) is 2.41. The molecule has 0 aliphatic carbocycles. The lowest BCUT2D eigenvalue weighted by Gasteiger charge is -2.24.